The molecule has 6 rings (SSSR count). The van der Waals surface area contributed by atoms with Crippen molar-refractivity contribution in [2.45, 2.75) is 6.54 Å². The van der Waals surface area contributed by atoms with Crippen LogP contribution in [0.25, 0.3) is 28.0 Å². The fraction of sp³-hybridized carbons (Fsp3) is 0.185. The van der Waals surface area contributed by atoms with Gasteiger partial charge in [-0.1, -0.05) is 0 Å². The zero-order chi connectivity index (χ0) is 25.9. The molecule has 1 amide bonds. The minimum absolute atomic E-state index is 0.145. The molecule has 11 nitrogen and oxygen atoms in total. The Kier molecular flexibility index (Phi) is 6.32. The molecule has 0 spiro atoms. The number of fused-ring (bicyclic) bond motifs is 1. The summed E-state index contributed by atoms with van der Waals surface area (Å²) < 4.78 is 7.50. The van der Waals surface area contributed by atoms with Crippen LogP contribution in [-0.2, 0) is 11.3 Å². The Labute approximate surface area is 218 Å². The van der Waals surface area contributed by atoms with Gasteiger partial charge in [-0.05, 0) is 48.0 Å². The van der Waals surface area contributed by atoms with Crippen LogP contribution >= 0.6 is 0 Å². The average Bonchev–Trinajstić information content (AvgIpc) is 3.41. The number of hydrogen-bond acceptors (Lipinski definition) is 9. The van der Waals surface area contributed by atoms with E-state index in [2.05, 4.69) is 25.2 Å². The Morgan fingerprint density at radius 3 is 2.45 bits per heavy atom. The van der Waals surface area contributed by atoms with Crippen molar-refractivity contribution in [1.82, 2.24) is 34.8 Å². The van der Waals surface area contributed by atoms with E-state index in [1.54, 1.807) is 24.8 Å². The van der Waals surface area contributed by atoms with Gasteiger partial charge in [0.1, 0.15) is 0 Å². The number of rotatable bonds is 6. The molecule has 190 valence electrons. The zero-order valence-corrected chi connectivity index (χ0v) is 20.5. The van der Waals surface area contributed by atoms with Gasteiger partial charge >= 0.3 is 0 Å². The van der Waals surface area contributed by atoms with E-state index < -0.39 is 0 Å². The van der Waals surface area contributed by atoms with E-state index in [0.717, 1.165) is 33.5 Å². The number of benzene rings is 1. The summed E-state index contributed by atoms with van der Waals surface area (Å²) in [6.45, 7) is 3.07. The number of nitrogens with one attached hydrogen (secondary N) is 1. The summed E-state index contributed by atoms with van der Waals surface area (Å²) in [5, 5.41) is 3.80. The molecule has 1 saturated heterocycles. The van der Waals surface area contributed by atoms with Gasteiger partial charge in [0, 0.05) is 72.8 Å². The van der Waals surface area contributed by atoms with Gasteiger partial charge in [0.15, 0.2) is 5.65 Å². The molecule has 1 aliphatic heterocycles. The van der Waals surface area contributed by atoms with Crippen LogP contribution in [0.15, 0.2) is 73.4 Å². The van der Waals surface area contributed by atoms with E-state index in [1.165, 1.54) is 0 Å². The van der Waals surface area contributed by atoms with Crippen molar-refractivity contribution in [3.05, 3.63) is 84.6 Å². The summed E-state index contributed by atoms with van der Waals surface area (Å²) in [7, 11) is 0. The van der Waals surface area contributed by atoms with Crippen LogP contribution in [0.4, 0.5) is 11.9 Å². The number of hydrogen-bond donors (Lipinski definition) is 2. The SMILES string of the molecule is Nc1ncc(-c2nc(N3CCOCC3)nc3c2ccn3-c2ccc(C(=O)NCc3ccncc3)cc2)cn1. The number of pyridine rings is 1. The van der Waals surface area contributed by atoms with Gasteiger partial charge in [0.2, 0.25) is 11.9 Å². The largest absolute Gasteiger partial charge is 0.378 e. The summed E-state index contributed by atoms with van der Waals surface area (Å²) >= 11 is 0. The second-order valence-corrected chi connectivity index (χ2v) is 8.81. The molecule has 4 aromatic heterocycles. The Balaban J connectivity index is 1.33. The van der Waals surface area contributed by atoms with Gasteiger partial charge in [-0.2, -0.15) is 4.98 Å². The molecule has 0 bridgehead atoms. The van der Waals surface area contributed by atoms with Gasteiger partial charge in [-0.3, -0.25) is 9.78 Å². The van der Waals surface area contributed by atoms with Crippen LogP contribution in [0.1, 0.15) is 15.9 Å². The summed E-state index contributed by atoms with van der Waals surface area (Å²) in [5.41, 5.74) is 10.4. The molecule has 0 aliphatic carbocycles. The van der Waals surface area contributed by atoms with E-state index in [-0.39, 0.29) is 11.9 Å². The first-order chi connectivity index (χ1) is 18.7. The number of amides is 1. The van der Waals surface area contributed by atoms with E-state index in [9.17, 15) is 4.79 Å². The first-order valence-electron chi connectivity index (χ1n) is 12.2. The van der Waals surface area contributed by atoms with Gasteiger partial charge in [0.05, 0.1) is 18.9 Å². The smallest absolute Gasteiger partial charge is 0.251 e. The Morgan fingerprint density at radius 2 is 1.71 bits per heavy atom. The second kappa shape index (κ2) is 10.2. The number of morpholine rings is 1. The number of anilines is 2. The third kappa shape index (κ3) is 4.74. The Bertz CT molecular complexity index is 1560. The van der Waals surface area contributed by atoms with Crippen LogP contribution in [-0.4, -0.2) is 61.7 Å². The van der Waals surface area contributed by atoms with Gasteiger partial charge in [0.25, 0.3) is 5.91 Å². The van der Waals surface area contributed by atoms with Crippen LogP contribution in [0, 0.1) is 0 Å². The lowest BCUT2D eigenvalue weighted by atomic mass is 10.1. The average molecular weight is 508 g/mol. The maximum atomic E-state index is 12.7. The summed E-state index contributed by atoms with van der Waals surface area (Å²) in [6, 6.07) is 13.1. The van der Waals surface area contributed by atoms with Gasteiger partial charge in [-0.25, -0.2) is 15.0 Å². The minimum atomic E-state index is -0.145. The van der Waals surface area contributed by atoms with Crippen molar-refractivity contribution >= 4 is 28.8 Å². The molecule has 5 heterocycles. The fourth-order valence-electron chi connectivity index (χ4n) is 4.35. The summed E-state index contributed by atoms with van der Waals surface area (Å²) in [6.07, 6.45) is 8.70. The number of carbonyl (C=O) groups is 1. The lowest BCUT2D eigenvalue weighted by Crippen LogP contribution is -2.37. The van der Waals surface area contributed by atoms with Gasteiger partial charge in [-0.15, -0.1) is 0 Å². The van der Waals surface area contributed by atoms with Crippen molar-refractivity contribution in [1.29, 1.82) is 0 Å². The van der Waals surface area contributed by atoms with Crippen LogP contribution in [0.3, 0.4) is 0 Å². The van der Waals surface area contributed by atoms with Crippen molar-refractivity contribution in [3.8, 4) is 16.9 Å². The second-order valence-electron chi connectivity index (χ2n) is 8.81. The normalized spacial score (nSPS) is 13.5. The van der Waals surface area contributed by atoms with E-state index in [1.807, 2.05) is 53.2 Å². The standard InChI is InChI=1S/C27H25N9O2/c28-26-31-16-20(17-32-26)23-22-7-10-36(24(22)34-27(33-23)35-11-13-38-14-12-35)21-3-1-19(2-4-21)25(37)30-15-18-5-8-29-9-6-18/h1-10,16-17H,11-15H2,(H,30,37)(H2,28,31,32). The zero-order valence-electron chi connectivity index (χ0n) is 20.5. The highest BCUT2D eigenvalue weighted by atomic mass is 16.5. The fourth-order valence-corrected chi connectivity index (χ4v) is 4.35. The maximum absolute atomic E-state index is 12.7. The summed E-state index contributed by atoms with van der Waals surface area (Å²) in [5.74, 6) is 0.669. The lowest BCUT2D eigenvalue weighted by molar-refractivity contribution is 0.0951. The molecule has 0 unspecified atom stereocenters. The van der Waals surface area contributed by atoms with Crippen LogP contribution in [0.5, 0.6) is 0 Å². The molecule has 0 saturated carbocycles. The third-order valence-corrected chi connectivity index (χ3v) is 6.38. The third-order valence-electron chi connectivity index (χ3n) is 6.38. The molecule has 1 aromatic carbocycles. The minimum Gasteiger partial charge on any atom is -0.378 e. The lowest BCUT2D eigenvalue weighted by Gasteiger charge is -2.27. The summed E-state index contributed by atoms with van der Waals surface area (Å²) in [4.78, 5) is 36.9. The highest BCUT2D eigenvalue weighted by molar-refractivity contribution is 5.95. The van der Waals surface area contributed by atoms with Crippen molar-refractivity contribution in [3.63, 3.8) is 0 Å². The molecule has 38 heavy (non-hydrogen) atoms. The van der Waals surface area contributed by atoms with Gasteiger partial charge < -0.3 is 25.3 Å². The quantitative estimate of drug-likeness (QED) is 0.355. The Morgan fingerprint density at radius 1 is 0.974 bits per heavy atom. The predicted octanol–water partition coefficient (Wildman–Crippen LogP) is 2.62. The molecule has 0 atom stereocenters. The highest BCUT2D eigenvalue weighted by Crippen LogP contribution is 2.30. The topological polar surface area (TPSA) is 137 Å². The van der Waals surface area contributed by atoms with Crippen LogP contribution in [0.2, 0.25) is 0 Å². The molecule has 0 radical (unpaired) electrons. The van der Waals surface area contributed by atoms with Crippen molar-refractivity contribution < 1.29 is 9.53 Å². The maximum Gasteiger partial charge on any atom is 0.251 e. The molecule has 1 fully saturated rings. The number of ether oxygens (including phenoxy) is 1. The first-order valence-corrected chi connectivity index (χ1v) is 12.2. The van der Waals surface area contributed by atoms with Crippen molar-refractivity contribution in [2.75, 3.05) is 36.9 Å². The van der Waals surface area contributed by atoms with Crippen LogP contribution < -0.4 is 16.0 Å². The highest BCUT2D eigenvalue weighted by Gasteiger charge is 2.20. The molecular formula is C27H25N9O2. The number of nitrogens with zero attached hydrogens (tertiary/aromatic N) is 7. The number of nitrogens with two attached hydrogens (primary N) is 1. The molecule has 1 aliphatic rings. The van der Waals surface area contributed by atoms with Crippen molar-refractivity contribution in [2.24, 2.45) is 0 Å². The number of carbonyl (C=O) groups excluding carboxylic acids is 1. The molecular weight excluding hydrogens is 482 g/mol. The van der Waals surface area contributed by atoms with E-state index >= 15 is 0 Å². The van der Waals surface area contributed by atoms with E-state index in [4.69, 9.17) is 20.4 Å². The number of aromatic nitrogens is 6. The number of nitrogen functional groups attached to an aromatic ring is 1. The predicted molar refractivity (Wildman–Crippen MR) is 143 cm³/mol. The molecule has 5 aromatic rings. The first kappa shape index (κ1) is 23.5. The Hall–Kier alpha value is -4.90. The monoisotopic (exact) mass is 507 g/mol. The van der Waals surface area contributed by atoms with E-state index in [0.29, 0.717) is 44.4 Å². The molecule has 11 heteroatoms. The molecule has 3 N–H and O–H groups in total.